The largest absolute Gasteiger partial charge is 0.466 e. The molecule has 0 aliphatic carbocycles. The van der Waals surface area contributed by atoms with Crippen molar-refractivity contribution in [3.8, 4) is 11.1 Å². The predicted molar refractivity (Wildman–Crippen MR) is 112 cm³/mol. The van der Waals surface area contributed by atoms with E-state index in [1.807, 2.05) is 0 Å². The average Bonchev–Trinajstić information content (AvgIpc) is 2.68. The van der Waals surface area contributed by atoms with Gasteiger partial charge in [-0.1, -0.05) is 18.2 Å². The number of hydrogen-bond donors (Lipinski definition) is 2. The summed E-state index contributed by atoms with van der Waals surface area (Å²) in [6, 6.07) is 4.08. The van der Waals surface area contributed by atoms with Crippen LogP contribution in [0.25, 0.3) is 11.1 Å². The number of esters is 1. The Hall–Kier alpha value is -3.01. The van der Waals surface area contributed by atoms with Crippen LogP contribution >= 0.6 is 0 Å². The second-order valence-corrected chi connectivity index (χ2v) is 7.62. The number of benzene rings is 2. The Kier molecular flexibility index (Phi) is 8.54. The molecular formula is C23H25F5N2O3. The SMILES string of the molecule is CCOC(=O)C[C@H](NC(=O)[C@@H](N)CC(F)(F)F)c1cc(-c2c(C)cccc2C)cc(F)c1F. The van der Waals surface area contributed by atoms with Gasteiger partial charge in [-0.25, -0.2) is 8.78 Å². The van der Waals surface area contributed by atoms with Crippen molar-refractivity contribution in [1.82, 2.24) is 5.32 Å². The summed E-state index contributed by atoms with van der Waals surface area (Å²) in [4.78, 5) is 24.4. The summed E-state index contributed by atoms with van der Waals surface area (Å²) < 4.78 is 72.1. The molecule has 0 aliphatic heterocycles. The molecule has 0 aromatic heterocycles. The zero-order chi connectivity index (χ0) is 24.9. The van der Waals surface area contributed by atoms with Crippen LogP contribution in [0.1, 0.15) is 42.5 Å². The van der Waals surface area contributed by atoms with Crippen molar-refractivity contribution in [1.29, 1.82) is 0 Å². The fraction of sp³-hybridized carbons (Fsp3) is 0.391. The fourth-order valence-electron chi connectivity index (χ4n) is 3.52. The number of nitrogens with one attached hydrogen (secondary N) is 1. The minimum Gasteiger partial charge on any atom is -0.466 e. The molecule has 3 N–H and O–H groups in total. The Bertz CT molecular complexity index is 1000. The van der Waals surface area contributed by atoms with E-state index >= 15 is 0 Å². The second-order valence-electron chi connectivity index (χ2n) is 7.62. The Morgan fingerprint density at radius 2 is 1.73 bits per heavy atom. The molecule has 0 saturated heterocycles. The van der Waals surface area contributed by atoms with Crippen LogP contribution in [0.15, 0.2) is 30.3 Å². The molecule has 5 nitrogen and oxygen atoms in total. The lowest BCUT2D eigenvalue weighted by Crippen LogP contribution is -2.45. The van der Waals surface area contributed by atoms with Gasteiger partial charge in [-0.05, 0) is 55.2 Å². The van der Waals surface area contributed by atoms with E-state index in [1.54, 1.807) is 32.0 Å². The van der Waals surface area contributed by atoms with Gasteiger partial charge in [0.25, 0.3) is 0 Å². The molecule has 10 heteroatoms. The first-order valence-corrected chi connectivity index (χ1v) is 10.2. The third kappa shape index (κ3) is 6.98. The van der Waals surface area contributed by atoms with Gasteiger partial charge in [-0.3, -0.25) is 9.59 Å². The number of amides is 1. The summed E-state index contributed by atoms with van der Waals surface area (Å²) in [5, 5.41) is 2.15. The lowest BCUT2D eigenvalue weighted by atomic mass is 9.92. The van der Waals surface area contributed by atoms with Crippen molar-refractivity contribution < 1.29 is 36.3 Å². The van der Waals surface area contributed by atoms with Gasteiger partial charge < -0.3 is 15.8 Å². The summed E-state index contributed by atoms with van der Waals surface area (Å²) in [5.41, 5.74) is 7.36. The Morgan fingerprint density at radius 1 is 1.12 bits per heavy atom. The van der Waals surface area contributed by atoms with Crippen molar-refractivity contribution in [3.05, 3.63) is 58.7 Å². The Labute approximate surface area is 188 Å². The van der Waals surface area contributed by atoms with Crippen molar-refractivity contribution in [2.24, 2.45) is 5.73 Å². The normalized spacial score (nSPS) is 13.4. The number of carbonyl (C=O) groups is 2. The third-order valence-corrected chi connectivity index (χ3v) is 4.98. The maximum atomic E-state index is 14.8. The zero-order valence-corrected chi connectivity index (χ0v) is 18.4. The number of rotatable bonds is 8. The van der Waals surface area contributed by atoms with E-state index < -0.39 is 60.2 Å². The lowest BCUT2D eigenvalue weighted by molar-refractivity contribution is -0.148. The molecule has 0 spiro atoms. The number of carbonyl (C=O) groups excluding carboxylic acids is 2. The van der Waals surface area contributed by atoms with E-state index in [2.05, 4.69) is 5.32 Å². The number of hydrogen-bond acceptors (Lipinski definition) is 4. The molecule has 2 rings (SSSR count). The predicted octanol–water partition coefficient (Wildman–Crippen LogP) is 4.64. The van der Waals surface area contributed by atoms with Crippen LogP contribution in [-0.2, 0) is 14.3 Å². The van der Waals surface area contributed by atoms with Crippen LogP contribution in [0, 0.1) is 25.5 Å². The highest BCUT2D eigenvalue weighted by Crippen LogP contribution is 2.33. The van der Waals surface area contributed by atoms with Gasteiger partial charge >= 0.3 is 12.1 Å². The molecule has 0 radical (unpaired) electrons. The molecular weight excluding hydrogens is 447 g/mol. The number of nitrogens with two attached hydrogens (primary N) is 1. The van der Waals surface area contributed by atoms with Gasteiger partial charge in [0.2, 0.25) is 5.91 Å². The van der Waals surface area contributed by atoms with Crippen molar-refractivity contribution >= 4 is 11.9 Å². The van der Waals surface area contributed by atoms with E-state index in [0.717, 1.165) is 17.2 Å². The molecule has 180 valence electrons. The topological polar surface area (TPSA) is 81.4 Å². The van der Waals surface area contributed by atoms with Crippen molar-refractivity contribution in [3.63, 3.8) is 0 Å². The highest BCUT2D eigenvalue weighted by Gasteiger charge is 2.35. The standard InChI is InChI=1S/C23H25F5N2O3/c1-4-33-19(31)10-18(30-22(32)17(29)11-23(26,27)28)15-8-14(9-16(24)21(15)25)20-12(2)6-5-7-13(20)3/h5-9,17-18H,4,10-11,29H2,1-3H3,(H,30,32)/t17-,18-/m0/s1. The van der Waals surface area contributed by atoms with E-state index in [9.17, 15) is 31.5 Å². The summed E-state index contributed by atoms with van der Waals surface area (Å²) in [5.74, 6) is -4.71. The lowest BCUT2D eigenvalue weighted by Gasteiger charge is -2.23. The number of alkyl halides is 3. The first-order valence-electron chi connectivity index (χ1n) is 10.2. The Morgan fingerprint density at radius 3 is 2.27 bits per heavy atom. The van der Waals surface area contributed by atoms with Crippen LogP contribution in [0.2, 0.25) is 0 Å². The molecule has 0 heterocycles. The Balaban J connectivity index is 2.52. The smallest absolute Gasteiger partial charge is 0.391 e. The number of aryl methyl sites for hydroxylation is 2. The maximum Gasteiger partial charge on any atom is 0.391 e. The molecule has 2 aromatic rings. The minimum atomic E-state index is -4.72. The van der Waals surface area contributed by atoms with Crippen molar-refractivity contribution in [2.45, 2.75) is 51.9 Å². The molecule has 0 fully saturated rings. The first kappa shape index (κ1) is 26.2. The third-order valence-electron chi connectivity index (χ3n) is 4.98. The van der Waals surface area contributed by atoms with Crippen LogP contribution in [0.3, 0.4) is 0 Å². The van der Waals surface area contributed by atoms with Gasteiger partial charge in [0.05, 0.1) is 31.5 Å². The highest BCUT2D eigenvalue weighted by atomic mass is 19.4. The molecule has 2 aromatic carbocycles. The molecule has 33 heavy (non-hydrogen) atoms. The van der Waals surface area contributed by atoms with E-state index in [1.165, 1.54) is 13.0 Å². The van der Waals surface area contributed by atoms with Gasteiger partial charge in [-0.2, -0.15) is 13.2 Å². The fourth-order valence-corrected chi connectivity index (χ4v) is 3.52. The van der Waals surface area contributed by atoms with Gasteiger partial charge in [0.15, 0.2) is 11.6 Å². The molecule has 1 amide bonds. The van der Waals surface area contributed by atoms with Crippen LogP contribution in [0.4, 0.5) is 22.0 Å². The van der Waals surface area contributed by atoms with Crippen LogP contribution < -0.4 is 11.1 Å². The maximum absolute atomic E-state index is 14.8. The van der Waals surface area contributed by atoms with E-state index in [4.69, 9.17) is 10.5 Å². The highest BCUT2D eigenvalue weighted by molar-refractivity contribution is 5.83. The zero-order valence-electron chi connectivity index (χ0n) is 18.4. The summed E-state index contributed by atoms with van der Waals surface area (Å²) in [6.07, 6.45) is -6.97. The van der Waals surface area contributed by atoms with Crippen LogP contribution in [-0.4, -0.2) is 30.7 Å². The van der Waals surface area contributed by atoms with Gasteiger partial charge in [0, 0.05) is 5.56 Å². The van der Waals surface area contributed by atoms with Gasteiger partial charge in [0.1, 0.15) is 0 Å². The van der Waals surface area contributed by atoms with Crippen LogP contribution in [0.5, 0.6) is 0 Å². The van der Waals surface area contributed by atoms with Crippen molar-refractivity contribution in [2.75, 3.05) is 6.61 Å². The molecule has 2 atom stereocenters. The number of ether oxygens (including phenoxy) is 1. The van der Waals surface area contributed by atoms with E-state index in [-0.39, 0.29) is 12.2 Å². The first-order chi connectivity index (χ1) is 15.3. The average molecular weight is 472 g/mol. The summed E-state index contributed by atoms with van der Waals surface area (Å²) in [6.45, 7) is 5.05. The quantitative estimate of drug-likeness (QED) is 0.433. The number of halogens is 5. The minimum absolute atomic E-state index is 0.0215. The van der Waals surface area contributed by atoms with E-state index in [0.29, 0.717) is 5.56 Å². The molecule has 0 unspecified atom stereocenters. The molecule has 0 aliphatic rings. The summed E-state index contributed by atoms with van der Waals surface area (Å²) in [7, 11) is 0. The second kappa shape index (κ2) is 10.7. The summed E-state index contributed by atoms with van der Waals surface area (Å²) >= 11 is 0. The monoisotopic (exact) mass is 472 g/mol. The molecule has 0 saturated carbocycles. The molecule has 0 bridgehead atoms. The van der Waals surface area contributed by atoms with Gasteiger partial charge in [-0.15, -0.1) is 0 Å².